The molecule has 5 heteroatoms. The molecule has 0 aromatic heterocycles. The molecule has 2 N–H and O–H groups in total. The maximum Gasteiger partial charge on any atom is 0.220 e. The first-order valence-electron chi connectivity index (χ1n) is 8.92. The second-order valence-corrected chi connectivity index (χ2v) is 6.26. The molecule has 0 aliphatic carbocycles. The number of benzene rings is 1. The molecule has 0 heterocycles. The van der Waals surface area contributed by atoms with Crippen LogP contribution in [0.1, 0.15) is 56.9 Å². The Hall–Kier alpha value is -2.30. The number of carbonyl (C=O) groups excluding carboxylic acids is 2. The average molecular weight is 346 g/mol. The molecule has 0 unspecified atom stereocenters. The lowest BCUT2D eigenvalue weighted by Gasteiger charge is -2.20. The minimum absolute atomic E-state index is 0.113. The summed E-state index contributed by atoms with van der Waals surface area (Å²) in [5.41, 5.74) is 0.715. The van der Waals surface area contributed by atoms with E-state index in [1.54, 1.807) is 12.1 Å². The molecule has 0 radical (unpaired) electrons. The van der Waals surface area contributed by atoms with Crippen LogP contribution in [0.5, 0.6) is 5.75 Å². The fourth-order valence-electron chi connectivity index (χ4n) is 2.61. The van der Waals surface area contributed by atoms with Gasteiger partial charge in [-0.1, -0.05) is 43.9 Å². The zero-order chi connectivity index (χ0) is 18.5. The van der Waals surface area contributed by atoms with Crippen LogP contribution in [0.15, 0.2) is 36.9 Å². The lowest BCUT2D eigenvalue weighted by atomic mass is 10.0. The maximum absolute atomic E-state index is 11.9. The fraction of sp³-hybridized carbons (Fsp3) is 0.500. The summed E-state index contributed by atoms with van der Waals surface area (Å²) < 4.78 is 0. The van der Waals surface area contributed by atoms with Gasteiger partial charge in [0, 0.05) is 6.42 Å². The van der Waals surface area contributed by atoms with Gasteiger partial charge in [-0.15, -0.1) is 6.58 Å². The summed E-state index contributed by atoms with van der Waals surface area (Å²) in [5.74, 6) is -1.45. The van der Waals surface area contributed by atoms with Crippen molar-refractivity contribution >= 4 is 11.9 Å². The number of phenols is 1. The van der Waals surface area contributed by atoms with Crippen molar-refractivity contribution in [2.24, 2.45) is 0 Å². The highest BCUT2D eigenvalue weighted by Gasteiger charge is 2.14. The molecule has 0 aliphatic heterocycles. The van der Waals surface area contributed by atoms with Crippen LogP contribution < -0.4 is 10.4 Å². The highest BCUT2D eigenvalue weighted by Crippen LogP contribution is 2.12. The predicted octanol–water partition coefficient (Wildman–Crippen LogP) is 2.48. The molecule has 0 bridgehead atoms. The summed E-state index contributed by atoms with van der Waals surface area (Å²) in [4.78, 5) is 23.1. The highest BCUT2D eigenvalue weighted by atomic mass is 16.4. The van der Waals surface area contributed by atoms with Crippen LogP contribution in [0.4, 0.5) is 0 Å². The molecule has 25 heavy (non-hydrogen) atoms. The Morgan fingerprint density at radius 3 is 2.28 bits per heavy atom. The Morgan fingerprint density at radius 2 is 1.68 bits per heavy atom. The van der Waals surface area contributed by atoms with Gasteiger partial charge in [0.15, 0.2) is 0 Å². The summed E-state index contributed by atoms with van der Waals surface area (Å²) in [7, 11) is 0. The molecule has 5 nitrogen and oxygen atoms in total. The molecular formula is C20H28NO4-. The van der Waals surface area contributed by atoms with E-state index in [9.17, 15) is 19.8 Å². The van der Waals surface area contributed by atoms with E-state index in [2.05, 4.69) is 11.9 Å². The Bertz CT molecular complexity index is 539. The van der Waals surface area contributed by atoms with Crippen molar-refractivity contribution in [2.45, 2.75) is 63.8 Å². The zero-order valence-corrected chi connectivity index (χ0v) is 14.7. The van der Waals surface area contributed by atoms with Crippen LogP contribution in [0, 0.1) is 0 Å². The molecule has 1 atom stereocenters. The Balaban J connectivity index is 2.26. The number of aromatic hydroxyl groups is 1. The van der Waals surface area contributed by atoms with Gasteiger partial charge in [-0.3, -0.25) is 4.79 Å². The van der Waals surface area contributed by atoms with Gasteiger partial charge in [-0.05, 0) is 43.4 Å². The van der Waals surface area contributed by atoms with Gasteiger partial charge in [0.1, 0.15) is 5.75 Å². The van der Waals surface area contributed by atoms with Crippen LogP contribution in [-0.4, -0.2) is 23.0 Å². The molecular weight excluding hydrogens is 318 g/mol. The Morgan fingerprint density at radius 1 is 1.08 bits per heavy atom. The number of hydrogen-bond donors (Lipinski definition) is 2. The van der Waals surface area contributed by atoms with Crippen molar-refractivity contribution in [3.63, 3.8) is 0 Å². The van der Waals surface area contributed by atoms with Crippen molar-refractivity contribution in [3.05, 3.63) is 42.5 Å². The van der Waals surface area contributed by atoms with E-state index in [-0.39, 0.29) is 18.1 Å². The molecule has 0 saturated carbocycles. The fourth-order valence-corrected chi connectivity index (χ4v) is 2.61. The van der Waals surface area contributed by atoms with Crippen molar-refractivity contribution in [3.8, 4) is 5.75 Å². The molecule has 0 spiro atoms. The lowest BCUT2D eigenvalue weighted by molar-refractivity contribution is -0.308. The lowest BCUT2D eigenvalue weighted by Crippen LogP contribution is -2.49. The van der Waals surface area contributed by atoms with Crippen LogP contribution in [0.3, 0.4) is 0 Å². The van der Waals surface area contributed by atoms with Gasteiger partial charge in [-0.25, -0.2) is 0 Å². The molecule has 1 aromatic rings. The molecule has 1 aromatic carbocycles. The third-order valence-corrected chi connectivity index (χ3v) is 4.06. The van der Waals surface area contributed by atoms with E-state index in [1.165, 1.54) is 18.6 Å². The van der Waals surface area contributed by atoms with Gasteiger partial charge >= 0.3 is 0 Å². The first-order chi connectivity index (χ1) is 12.0. The number of carboxylic acid groups (broad SMARTS) is 1. The number of amides is 1. The number of hydrogen-bond acceptors (Lipinski definition) is 4. The van der Waals surface area contributed by atoms with E-state index >= 15 is 0 Å². The monoisotopic (exact) mass is 346 g/mol. The standard InChI is InChI=1S/C20H29NO4/c1-2-3-4-5-6-7-8-9-10-19(23)21-18(20(24)25)15-16-11-13-17(22)14-12-16/h2,11-14,18,22H,1,3-10,15H2,(H,21,23)(H,24,25)/p-1/t18-/m0/s1. The van der Waals surface area contributed by atoms with Gasteiger partial charge < -0.3 is 20.3 Å². The van der Waals surface area contributed by atoms with E-state index < -0.39 is 12.0 Å². The van der Waals surface area contributed by atoms with Gasteiger partial charge in [0.05, 0.1) is 12.0 Å². The van der Waals surface area contributed by atoms with Crippen LogP contribution in [0.25, 0.3) is 0 Å². The zero-order valence-electron chi connectivity index (χ0n) is 14.7. The van der Waals surface area contributed by atoms with E-state index in [0.717, 1.165) is 38.5 Å². The topological polar surface area (TPSA) is 89.5 Å². The Labute approximate surface area is 149 Å². The van der Waals surface area contributed by atoms with E-state index in [4.69, 9.17) is 0 Å². The minimum atomic E-state index is -1.30. The third-order valence-electron chi connectivity index (χ3n) is 4.06. The summed E-state index contributed by atoms with van der Waals surface area (Å²) in [6, 6.07) is 5.17. The molecule has 0 aliphatic rings. The van der Waals surface area contributed by atoms with E-state index in [1.807, 2.05) is 6.08 Å². The van der Waals surface area contributed by atoms with Crippen molar-refractivity contribution in [1.82, 2.24) is 5.32 Å². The summed E-state index contributed by atoms with van der Waals surface area (Å²) >= 11 is 0. The Kier molecular flexibility index (Phi) is 10.1. The van der Waals surface area contributed by atoms with Crippen LogP contribution in [0.2, 0.25) is 0 Å². The van der Waals surface area contributed by atoms with Gasteiger partial charge in [0.25, 0.3) is 0 Å². The maximum atomic E-state index is 11.9. The smallest absolute Gasteiger partial charge is 0.220 e. The molecule has 1 amide bonds. The molecule has 1 rings (SSSR count). The number of allylic oxidation sites excluding steroid dienone is 1. The second-order valence-electron chi connectivity index (χ2n) is 6.26. The number of unbranched alkanes of at least 4 members (excludes halogenated alkanes) is 6. The molecule has 0 fully saturated rings. The number of rotatable bonds is 13. The summed E-state index contributed by atoms with van der Waals surface area (Å²) in [6.07, 6.45) is 9.74. The highest BCUT2D eigenvalue weighted by molar-refractivity contribution is 5.82. The predicted molar refractivity (Wildman–Crippen MR) is 95.9 cm³/mol. The summed E-state index contributed by atoms with van der Waals surface area (Å²) in [6.45, 7) is 3.69. The molecule has 138 valence electrons. The number of nitrogens with one attached hydrogen (secondary N) is 1. The largest absolute Gasteiger partial charge is 0.548 e. The van der Waals surface area contributed by atoms with Crippen LogP contribution in [-0.2, 0) is 16.0 Å². The summed E-state index contributed by atoms with van der Waals surface area (Å²) in [5, 5.41) is 23.0. The number of aliphatic carboxylic acids is 1. The first kappa shape index (κ1) is 20.7. The SMILES string of the molecule is C=CCCCCCCCCC(=O)N[C@@H](Cc1ccc(O)cc1)C(=O)[O-]. The average Bonchev–Trinajstić information content (AvgIpc) is 2.58. The third kappa shape index (κ3) is 9.55. The van der Waals surface area contributed by atoms with Crippen molar-refractivity contribution < 1.29 is 19.8 Å². The number of carboxylic acids is 1. The van der Waals surface area contributed by atoms with E-state index in [0.29, 0.717) is 12.0 Å². The molecule has 0 saturated heterocycles. The van der Waals surface area contributed by atoms with Crippen molar-refractivity contribution in [2.75, 3.05) is 0 Å². The quantitative estimate of drug-likeness (QED) is 0.424. The van der Waals surface area contributed by atoms with Gasteiger partial charge in [-0.2, -0.15) is 0 Å². The number of carbonyl (C=O) groups is 2. The van der Waals surface area contributed by atoms with Crippen molar-refractivity contribution in [1.29, 1.82) is 0 Å². The first-order valence-corrected chi connectivity index (χ1v) is 8.92. The number of phenolic OH excluding ortho intramolecular Hbond substituents is 1. The normalized spacial score (nSPS) is 11.7. The van der Waals surface area contributed by atoms with Gasteiger partial charge in [0.2, 0.25) is 5.91 Å². The minimum Gasteiger partial charge on any atom is -0.548 e. The van der Waals surface area contributed by atoms with Crippen LogP contribution >= 0.6 is 0 Å². The second kappa shape index (κ2) is 12.1.